The minimum Gasteiger partial charge on any atom is -0.315 e. The first kappa shape index (κ1) is 20.3. The number of halogens is 1. The van der Waals surface area contributed by atoms with E-state index in [4.69, 9.17) is 11.6 Å². The Morgan fingerprint density at radius 3 is 2.34 bits per heavy atom. The highest BCUT2D eigenvalue weighted by Gasteiger charge is 2.31. The van der Waals surface area contributed by atoms with Crippen LogP contribution in [0.25, 0.3) is 22.5 Å². The Morgan fingerprint density at radius 1 is 1.00 bits per heavy atom. The summed E-state index contributed by atoms with van der Waals surface area (Å²) in [6, 6.07) is 19.0. The van der Waals surface area contributed by atoms with Crippen molar-refractivity contribution in [1.29, 1.82) is 0 Å². The number of anilines is 1. The van der Waals surface area contributed by atoms with Crippen LogP contribution in [0.3, 0.4) is 0 Å². The van der Waals surface area contributed by atoms with Gasteiger partial charge >= 0.3 is 0 Å². The van der Waals surface area contributed by atoms with Gasteiger partial charge in [0.2, 0.25) is 5.82 Å². The van der Waals surface area contributed by atoms with Crippen LogP contribution in [0.2, 0.25) is 5.02 Å². The van der Waals surface area contributed by atoms with Crippen LogP contribution in [0.15, 0.2) is 66.9 Å². The monoisotopic (exact) mass is 445 g/mol. The van der Waals surface area contributed by atoms with E-state index < -0.39 is 0 Å². The lowest BCUT2D eigenvalue weighted by Gasteiger charge is -2.28. The number of H-pyrrole nitrogens is 1. The largest absolute Gasteiger partial charge is 0.315 e. The summed E-state index contributed by atoms with van der Waals surface area (Å²) in [4.78, 5) is 19.6. The summed E-state index contributed by atoms with van der Waals surface area (Å²) in [5.41, 5.74) is 3.50. The van der Waals surface area contributed by atoms with Gasteiger partial charge in [0.15, 0.2) is 5.82 Å². The number of benzene rings is 2. The Morgan fingerprint density at radius 2 is 1.72 bits per heavy atom. The van der Waals surface area contributed by atoms with E-state index >= 15 is 0 Å². The maximum Gasteiger partial charge on any atom is 0.259 e. The quantitative estimate of drug-likeness (QED) is 0.487. The molecule has 0 saturated carbocycles. The van der Waals surface area contributed by atoms with E-state index in [1.807, 2.05) is 48.5 Å². The Hall–Kier alpha value is -3.62. The summed E-state index contributed by atoms with van der Waals surface area (Å²) >= 11 is 6.39. The molecule has 1 aliphatic rings. The van der Waals surface area contributed by atoms with E-state index in [0.717, 1.165) is 29.7 Å². The van der Waals surface area contributed by atoms with E-state index in [-0.39, 0.29) is 11.9 Å². The number of carbonyl (C=O) groups excluding carboxylic acids is 1. The van der Waals surface area contributed by atoms with Crippen LogP contribution in [0, 0.1) is 0 Å². The minimum absolute atomic E-state index is 0.00672. The van der Waals surface area contributed by atoms with Gasteiger partial charge in [0.1, 0.15) is 0 Å². The molecule has 2 aromatic carbocycles. The Kier molecular flexibility index (Phi) is 5.62. The van der Waals surface area contributed by atoms with Gasteiger partial charge in [-0.05, 0) is 53.6 Å². The van der Waals surface area contributed by atoms with Gasteiger partial charge in [0, 0.05) is 23.9 Å². The average molecular weight is 446 g/mol. The third kappa shape index (κ3) is 3.98. The Bertz CT molecular complexity index is 1200. The number of tetrazole rings is 1. The maximum absolute atomic E-state index is 13.5. The number of nitrogens with one attached hydrogen (secondary N) is 2. The minimum atomic E-state index is -0.113. The van der Waals surface area contributed by atoms with Gasteiger partial charge < -0.3 is 5.32 Å². The molecule has 0 spiro atoms. The number of aromatic nitrogens is 5. The van der Waals surface area contributed by atoms with Crippen molar-refractivity contribution in [2.45, 2.75) is 12.5 Å². The smallest absolute Gasteiger partial charge is 0.259 e. The number of rotatable bonds is 5. The number of carbonyl (C=O) groups is 1. The Balaban J connectivity index is 1.40. The number of amides is 1. The number of nitrogens with zero attached hydrogens (tertiary/aromatic N) is 5. The molecular weight excluding hydrogens is 426 g/mol. The van der Waals surface area contributed by atoms with Crippen LogP contribution >= 0.6 is 11.6 Å². The van der Waals surface area contributed by atoms with Crippen molar-refractivity contribution in [1.82, 2.24) is 30.9 Å². The molecular formula is C23H20ClN7O. The molecule has 1 amide bonds. The van der Waals surface area contributed by atoms with Crippen molar-refractivity contribution in [3.05, 3.63) is 77.4 Å². The van der Waals surface area contributed by atoms with Gasteiger partial charge in [-0.1, -0.05) is 48.0 Å². The van der Waals surface area contributed by atoms with Gasteiger partial charge in [-0.3, -0.25) is 9.69 Å². The molecule has 3 heterocycles. The molecule has 160 valence electrons. The standard InChI is InChI=1S/C23H20ClN7O/c24-20-2-1-12-26-22(20)31(19-11-13-25-14-19)23(32)18-9-5-16(6-10-18)15-3-7-17(8-4-15)21-27-29-30-28-21/h1-10,12,19,25H,11,13-14H2,(H,27,28,29,30)/t19-/m1/s1. The maximum atomic E-state index is 13.5. The lowest BCUT2D eigenvalue weighted by atomic mass is 10.0. The molecule has 0 unspecified atom stereocenters. The molecule has 0 aliphatic carbocycles. The van der Waals surface area contributed by atoms with E-state index in [1.165, 1.54) is 0 Å². The van der Waals surface area contributed by atoms with Crippen LogP contribution < -0.4 is 10.2 Å². The lowest BCUT2D eigenvalue weighted by molar-refractivity contribution is 0.0977. The first-order chi connectivity index (χ1) is 15.7. The zero-order chi connectivity index (χ0) is 21.9. The molecule has 0 radical (unpaired) electrons. The van der Waals surface area contributed by atoms with Crippen molar-refractivity contribution in [3.63, 3.8) is 0 Å². The van der Waals surface area contributed by atoms with Gasteiger partial charge in [0.25, 0.3) is 5.91 Å². The van der Waals surface area contributed by atoms with Crippen molar-refractivity contribution < 1.29 is 4.79 Å². The van der Waals surface area contributed by atoms with Crippen molar-refractivity contribution >= 4 is 23.3 Å². The normalized spacial score (nSPS) is 15.6. The summed E-state index contributed by atoms with van der Waals surface area (Å²) < 4.78 is 0. The summed E-state index contributed by atoms with van der Waals surface area (Å²) in [6.07, 6.45) is 2.51. The van der Waals surface area contributed by atoms with Gasteiger partial charge in [-0.25, -0.2) is 4.98 Å². The van der Waals surface area contributed by atoms with Gasteiger partial charge in [-0.2, -0.15) is 5.21 Å². The average Bonchev–Trinajstić information content (AvgIpc) is 3.56. The fraction of sp³-hybridized carbons (Fsp3) is 0.174. The zero-order valence-corrected chi connectivity index (χ0v) is 17.8. The third-order valence-corrected chi connectivity index (χ3v) is 5.83. The molecule has 1 aliphatic heterocycles. The first-order valence-electron chi connectivity index (χ1n) is 10.3. The highest BCUT2D eigenvalue weighted by atomic mass is 35.5. The second-order valence-electron chi connectivity index (χ2n) is 7.52. The predicted molar refractivity (Wildman–Crippen MR) is 122 cm³/mol. The molecule has 0 bridgehead atoms. The summed E-state index contributed by atoms with van der Waals surface area (Å²) in [5.74, 6) is 0.930. The summed E-state index contributed by atoms with van der Waals surface area (Å²) in [7, 11) is 0. The molecule has 1 fully saturated rings. The molecule has 1 saturated heterocycles. The van der Waals surface area contributed by atoms with E-state index in [9.17, 15) is 4.79 Å². The summed E-state index contributed by atoms with van der Waals surface area (Å²) in [5, 5.41) is 17.8. The van der Waals surface area contributed by atoms with Crippen LogP contribution in [-0.2, 0) is 0 Å². The van der Waals surface area contributed by atoms with Gasteiger partial charge in [-0.15, -0.1) is 10.2 Å². The van der Waals surface area contributed by atoms with Crippen molar-refractivity contribution in [3.8, 4) is 22.5 Å². The fourth-order valence-electron chi connectivity index (χ4n) is 3.89. The van der Waals surface area contributed by atoms with E-state index in [2.05, 4.69) is 30.9 Å². The second kappa shape index (κ2) is 8.86. The summed E-state index contributed by atoms with van der Waals surface area (Å²) in [6.45, 7) is 1.57. The van der Waals surface area contributed by atoms with Crippen molar-refractivity contribution in [2.24, 2.45) is 0 Å². The first-order valence-corrected chi connectivity index (χ1v) is 10.7. The van der Waals surface area contributed by atoms with Crippen LogP contribution in [0.4, 0.5) is 5.82 Å². The zero-order valence-electron chi connectivity index (χ0n) is 17.1. The number of aromatic amines is 1. The number of hydrogen-bond donors (Lipinski definition) is 2. The van der Waals surface area contributed by atoms with Crippen LogP contribution in [-0.4, -0.2) is 50.6 Å². The topological polar surface area (TPSA) is 99.7 Å². The Labute approximate surface area is 189 Å². The van der Waals surface area contributed by atoms with Crippen LogP contribution in [0.1, 0.15) is 16.8 Å². The number of hydrogen-bond acceptors (Lipinski definition) is 6. The molecule has 2 aromatic heterocycles. The molecule has 4 aromatic rings. The predicted octanol–water partition coefficient (Wildman–Crippen LogP) is 3.59. The van der Waals surface area contributed by atoms with Crippen molar-refractivity contribution in [2.75, 3.05) is 18.0 Å². The lowest BCUT2D eigenvalue weighted by Crippen LogP contribution is -2.42. The third-order valence-electron chi connectivity index (χ3n) is 5.54. The molecule has 2 N–H and O–H groups in total. The highest BCUT2D eigenvalue weighted by molar-refractivity contribution is 6.33. The fourth-order valence-corrected chi connectivity index (χ4v) is 4.10. The number of pyridine rings is 1. The SMILES string of the molecule is O=C(c1ccc(-c2ccc(-c3nn[nH]n3)cc2)cc1)N(c1ncccc1Cl)[C@@H]1CCNC1. The second-order valence-corrected chi connectivity index (χ2v) is 7.93. The molecule has 5 rings (SSSR count). The molecule has 8 nitrogen and oxygen atoms in total. The molecule has 32 heavy (non-hydrogen) atoms. The molecule has 1 atom stereocenters. The van der Waals surface area contributed by atoms with Crippen LogP contribution in [0.5, 0.6) is 0 Å². The highest BCUT2D eigenvalue weighted by Crippen LogP contribution is 2.29. The van der Waals surface area contributed by atoms with E-state index in [1.54, 1.807) is 23.2 Å². The molecule has 9 heteroatoms. The van der Waals surface area contributed by atoms with Gasteiger partial charge in [0.05, 0.1) is 11.1 Å². The van der Waals surface area contributed by atoms with E-state index in [0.29, 0.717) is 28.8 Å².